The van der Waals surface area contributed by atoms with Crippen LogP contribution in [0.25, 0.3) is 0 Å². The number of methoxy groups -OCH3 is 2. The molecule has 1 aliphatic heterocycles. The summed E-state index contributed by atoms with van der Waals surface area (Å²) in [5.74, 6) is 0.0171. The van der Waals surface area contributed by atoms with E-state index >= 15 is 0 Å². The van der Waals surface area contributed by atoms with Crippen molar-refractivity contribution in [3.63, 3.8) is 0 Å². The molecular weight excluding hydrogens is 280 g/mol. The van der Waals surface area contributed by atoms with Crippen molar-refractivity contribution in [1.82, 2.24) is 0 Å². The van der Waals surface area contributed by atoms with E-state index in [0.29, 0.717) is 34.5 Å². The van der Waals surface area contributed by atoms with Gasteiger partial charge in [0.25, 0.3) is 0 Å². The first kappa shape index (κ1) is 14.9. The van der Waals surface area contributed by atoms with Crippen molar-refractivity contribution >= 4 is 28.9 Å². The fourth-order valence-electron chi connectivity index (χ4n) is 2.61. The number of hydrogen-bond acceptors (Lipinski definition) is 5. The maximum atomic E-state index is 11.9. The molecule has 1 aromatic carbocycles. The number of halogens is 1. The summed E-state index contributed by atoms with van der Waals surface area (Å²) in [6.45, 7) is 2.35. The van der Waals surface area contributed by atoms with Gasteiger partial charge in [0.2, 0.25) is 0 Å². The highest BCUT2D eigenvalue weighted by Gasteiger charge is 2.28. The molecule has 6 heteroatoms. The van der Waals surface area contributed by atoms with Crippen LogP contribution in [0.3, 0.4) is 0 Å². The predicted octanol–water partition coefficient (Wildman–Crippen LogP) is 2.18. The van der Waals surface area contributed by atoms with Gasteiger partial charge >= 0.3 is 5.97 Å². The van der Waals surface area contributed by atoms with Gasteiger partial charge in [0, 0.05) is 31.8 Å². The number of hydrogen-bond donors (Lipinski definition) is 1. The lowest BCUT2D eigenvalue weighted by molar-refractivity contribution is 0.0601. The summed E-state index contributed by atoms with van der Waals surface area (Å²) in [6, 6.07) is 3.27. The third-order valence-electron chi connectivity index (χ3n) is 3.50. The summed E-state index contributed by atoms with van der Waals surface area (Å²) < 4.78 is 10.0. The SMILES string of the molecule is COCC1CCN(c2c(Cl)cc(N)cc2C(=O)OC)C1. The van der Waals surface area contributed by atoms with Gasteiger partial charge in [-0.15, -0.1) is 0 Å². The number of rotatable bonds is 4. The van der Waals surface area contributed by atoms with Gasteiger partial charge in [-0.2, -0.15) is 0 Å². The van der Waals surface area contributed by atoms with Crippen molar-refractivity contribution in [2.45, 2.75) is 6.42 Å². The average Bonchev–Trinajstić information content (AvgIpc) is 2.85. The topological polar surface area (TPSA) is 64.8 Å². The third kappa shape index (κ3) is 2.99. The number of carbonyl (C=O) groups is 1. The zero-order chi connectivity index (χ0) is 14.7. The molecule has 1 atom stereocenters. The van der Waals surface area contributed by atoms with Gasteiger partial charge in [0.15, 0.2) is 0 Å². The smallest absolute Gasteiger partial charge is 0.340 e. The second kappa shape index (κ2) is 6.33. The van der Waals surface area contributed by atoms with Gasteiger partial charge in [-0.3, -0.25) is 0 Å². The maximum Gasteiger partial charge on any atom is 0.340 e. The standard InChI is InChI=1S/C14H19ClN2O3/c1-19-8-9-3-4-17(7-9)13-11(14(18)20-2)5-10(16)6-12(13)15/h5-6,9H,3-4,7-8,16H2,1-2H3. The highest BCUT2D eigenvalue weighted by Crippen LogP contribution is 2.36. The fraction of sp³-hybridized carbons (Fsp3) is 0.500. The molecule has 1 unspecified atom stereocenters. The zero-order valence-corrected chi connectivity index (χ0v) is 12.4. The number of benzene rings is 1. The Morgan fingerprint density at radius 3 is 2.90 bits per heavy atom. The molecule has 0 saturated carbocycles. The summed E-state index contributed by atoms with van der Waals surface area (Å²) in [5.41, 5.74) is 7.33. The van der Waals surface area contributed by atoms with Crippen LogP contribution >= 0.6 is 11.6 Å². The molecule has 2 N–H and O–H groups in total. The molecule has 2 rings (SSSR count). The molecule has 1 aliphatic rings. The van der Waals surface area contributed by atoms with Crippen LogP contribution in [-0.2, 0) is 9.47 Å². The molecule has 0 amide bonds. The minimum absolute atomic E-state index is 0.413. The molecule has 0 spiro atoms. The Kier molecular flexibility index (Phi) is 4.73. The quantitative estimate of drug-likeness (QED) is 0.682. The highest BCUT2D eigenvalue weighted by atomic mass is 35.5. The molecule has 0 aliphatic carbocycles. The Labute approximate surface area is 123 Å². The molecular formula is C14H19ClN2O3. The van der Waals surface area contributed by atoms with Gasteiger partial charge < -0.3 is 20.1 Å². The lowest BCUT2D eigenvalue weighted by Crippen LogP contribution is -2.24. The molecule has 1 heterocycles. The van der Waals surface area contributed by atoms with E-state index in [1.807, 2.05) is 0 Å². The van der Waals surface area contributed by atoms with E-state index in [0.717, 1.165) is 19.5 Å². The molecule has 0 radical (unpaired) electrons. The van der Waals surface area contributed by atoms with Crippen molar-refractivity contribution < 1.29 is 14.3 Å². The largest absolute Gasteiger partial charge is 0.465 e. The van der Waals surface area contributed by atoms with E-state index in [-0.39, 0.29) is 0 Å². The molecule has 0 aromatic heterocycles. The van der Waals surface area contributed by atoms with Crippen LogP contribution in [0.15, 0.2) is 12.1 Å². The second-order valence-corrected chi connectivity index (χ2v) is 5.35. The van der Waals surface area contributed by atoms with Crippen molar-refractivity contribution in [2.24, 2.45) is 5.92 Å². The minimum atomic E-state index is -0.426. The van der Waals surface area contributed by atoms with E-state index in [1.54, 1.807) is 19.2 Å². The van der Waals surface area contributed by atoms with Gasteiger partial charge in [0.05, 0.1) is 30.0 Å². The van der Waals surface area contributed by atoms with Crippen molar-refractivity contribution in [2.75, 3.05) is 44.5 Å². The van der Waals surface area contributed by atoms with Crippen molar-refractivity contribution in [1.29, 1.82) is 0 Å². The van der Waals surface area contributed by atoms with Crippen molar-refractivity contribution in [3.05, 3.63) is 22.7 Å². The van der Waals surface area contributed by atoms with Crippen molar-refractivity contribution in [3.8, 4) is 0 Å². The zero-order valence-electron chi connectivity index (χ0n) is 11.7. The van der Waals surface area contributed by atoms with Crippen LogP contribution in [0.5, 0.6) is 0 Å². The first-order valence-corrected chi connectivity index (χ1v) is 6.85. The number of nitrogens with two attached hydrogens (primary N) is 1. The molecule has 5 nitrogen and oxygen atoms in total. The number of esters is 1. The lowest BCUT2D eigenvalue weighted by atomic mass is 10.1. The average molecular weight is 299 g/mol. The molecule has 1 fully saturated rings. The van der Waals surface area contributed by atoms with Crippen LogP contribution in [0, 0.1) is 5.92 Å². The van der Waals surface area contributed by atoms with E-state index in [9.17, 15) is 4.79 Å². The van der Waals surface area contributed by atoms with Crippen LogP contribution in [0.1, 0.15) is 16.8 Å². The Morgan fingerprint density at radius 1 is 1.50 bits per heavy atom. The normalized spacial score (nSPS) is 18.4. The van der Waals surface area contributed by atoms with Crippen LogP contribution in [0.4, 0.5) is 11.4 Å². The summed E-state index contributed by atoms with van der Waals surface area (Å²) in [5, 5.41) is 0.475. The van der Waals surface area contributed by atoms with Crippen LogP contribution in [-0.4, -0.2) is 39.9 Å². The fourth-order valence-corrected chi connectivity index (χ4v) is 2.96. The minimum Gasteiger partial charge on any atom is -0.465 e. The highest BCUT2D eigenvalue weighted by molar-refractivity contribution is 6.34. The van der Waals surface area contributed by atoms with Gasteiger partial charge in [0.1, 0.15) is 0 Å². The number of carbonyl (C=O) groups excluding carboxylic acids is 1. The second-order valence-electron chi connectivity index (χ2n) is 4.95. The molecule has 1 aromatic rings. The number of nitrogens with zero attached hydrogens (tertiary/aromatic N) is 1. The number of ether oxygens (including phenoxy) is 2. The monoisotopic (exact) mass is 298 g/mol. The van der Waals surface area contributed by atoms with E-state index < -0.39 is 5.97 Å². The predicted molar refractivity (Wildman–Crippen MR) is 79.4 cm³/mol. The van der Waals surface area contributed by atoms with Gasteiger partial charge in [-0.05, 0) is 18.6 Å². The third-order valence-corrected chi connectivity index (χ3v) is 3.78. The Bertz CT molecular complexity index is 507. The molecule has 110 valence electrons. The Balaban J connectivity index is 2.33. The summed E-state index contributed by atoms with van der Waals surface area (Å²) in [7, 11) is 3.04. The van der Waals surface area contributed by atoms with Crippen LogP contribution in [0.2, 0.25) is 5.02 Å². The molecule has 0 bridgehead atoms. The maximum absolute atomic E-state index is 11.9. The van der Waals surface area contributed by atoms with Gasteiger partial charge in [-0.25, -0.2) is 4.79 Å². The molecule has 1 saturated heterocycles. The summed E-state index contributed by atoms with van der Waals surface area (Å²) >= 11 is 6.28. The Hall–Kier alpha value is -1.46. The lowest BCUT2D eigenvalue weighted by Gasteiger charge is -2.23. The summed E-state index contributed by atoms with van der Waals surface area (Å²) in [4.78, 5) is 14.0. The first-order chi connectivity index (χ1) is 9.56. The summed E-state index contributed by atoms with van der Waals surface area (Å²) in [6.07, 6.45) is 1.01. The first-order valence-electron chi connectivity index (χ1n) is 6.48. The number of anilines is 2. The van der Waals surface area contributed by atoms with E-state index in [2.05, 4.69) is 4.90 Å². The van der Waals surface area contributed by atoms with E-state index in [1.165, 1.54) is 7.11 Å². The Morgan fingerprint density at radius 2 is 2.25 bits per heavy atom. The number of nitrogen functional groups attached to an aromatic ring is 1. The molecule has 20 heavy (non-hydrogen) atoms. The van der Waals surface area contributed by atoms with Gasteiger partial charge in [-0.1, -0.05) is 11.6 Å². The van der Waals surface area contributed by atoms with Crippen LogP contribution < -0.4 is 10.6 Å². The van der Waals surface area contributed by atoms with E-state index in [4.69, 9.17) is 26.8 Å².